The van der Waals surface area contributed by atoms with Gasteiger partial charge in [0.1, 0.15) is 6.61 Å². The monoisotopic (exact) mass is 424 g/mol. The Morgan fingerprint density at radius 1 is 1.31 bits per heavy atom. The van der Waals surface area contributed by atoms with Crippen LogP contribution >= 0.6 is 11.6 Å². The molecule has 0 bridgehead atoms. The Kier molecular flexibility index (Phi) is 9.31. The van der Waals surface area contributed by atoms with Crippen molar-refractivity contribution in [1.82, 2.24) is 15.2 Å². The number of nitrogens with one attached hydrogen (secondary N) is 1. The predicted octanol–water partition coefficient (Wildman–Crippen LogP) is 3.13. The van der Waals surface area contributed by atoms with Gasteiger partial charge in [0.05, 0.1) is 30.4 Å². The van der Waals surface area contributed by atoms with E-state index in [0.29, 0.717) is 30.2 Å². The van der Waals surface area contributed by atoms with Crippen molar-refractivity contribution in [3.8, 4) is 5.88 Å². The number of guanidine groups is 1. The summed E-state index contributed by atoms with van der Waals surface area (Å²) in [7, 11) is 0. The van der Waals surface area contributed by atoms with Gasteiger partial charge in [0.2, 0.25) is 5.88 Å². The molecule has 29 heavy (non-hydrogen) atoms. The Morgan fingerprint density at radius 3 is 2.86 bits per heavy atom. The maximum atomic E-state index is 6.12. The smallest absolute Gasteiger partial charge is 0.213 e. The summed E-state index contributed by atoms with van der Waals surface area (Å²) in [6.07, 6.45) is 7.79. The van der Waals surface area contributed by atoms with E-state index in [9.17, 15) is 0 Å². The van der Waals surface area contributed by atoms with Crippen LogP contribution < -0.4 is 10.1 Å². The van der Waals surface area contributed by atoms with E-state index in [4.69, 9.17) is 30.8 Å². The average molecular weight is 425 g/mol. The molecule has 1 aromatic rings. The minimum absolute atomic E-state index is 0.288. The third kappa shape index (κ3) is 7.64. The molecule has 0 radical (unpaired) electrons. The number of piperidine rings is 1. The molecule has 162 valence electrons. The van der Waals surface area contributed by atoms with Crippen LogP contribution in [0.5, 0.6) is 5.88 Å². The lowest BCUT2D eigenvalue weighted by Crippen LogP contribution is -2.47. The number of nitrogens with zero attached hydrogens (tertiary/aromatic N) is 3. The number of likely N-dealkylation sites (tertiary alicyclic amines) is 1. The molecule has 1 N–H and O–H groups in total. The molecule has 1 aromatic heterocycles. The Hall–Kier alpha value is -1.57. The highest BCUT2D eigenvalue weighted by Crippen LogP contribution is 2.18. The predicted molar refractivity (Wildman–Crippen MR) is 115 cm³/mol. The molecule has 7 nitrogen and oxygen atoms in total. The number of pyridine rings is 1. The van der Waals surface area contributed by atoms with Gasteiger partial charge in [0.25, 0.3) is 0 Å². The summed E-state index contributed by atoms with van der Waals surface area (Å²) in [5.41, 5.74) is 0. The molecule has 3 heterocycles. The van der Waals surface area contributed by atoms with Gasteiger partial charge in [-0.1, -0.05) is 11.6 Å². The van der Waals surface area contributed by atoms with Crippen LogP contribution in [0.25, 0.3) is 0 Å². The largest absolute Gasteiger partial charge is 0.476 e. The van der Waals surface area contributed by atoms with E-state index < -0.39 is 0 Å². The number of hydrogen-bond donors (Lipinski definition) is 1. The van der Waals surface area contributed by atoms with E-state index in [0.717, 1.165) is 58.1 Å². The minimum Gasteiger partial charge on any atom is -0.476 e. The van der Waals surface area contributed by atoms with Gasteiger partial charge in [-0.05, 0) is 45.1 Å². The number of halogens is 1. The SMILES string of the molecule is CCNC(=NCCOc1ccc(Cl)cn1)N1CCC(OCC2CCCCO2)CC1. The lowest BCUT2D eigenvalue weighted by atomic mass is 10.1. The van der Waals surface area contributed by atoms with E-state index in [2.05, 4.69) is 22.1 Å². The molecule has 8 heteroatoms. The molecule has 2 saturated heterocycles. The van der Waals surface area contributed by atoms with Crippen LogP contribution in [0.3, 0.4) is 0 Å². The lowest BCUT2D eigenvalue weighted by Gasteiger charge is -2.35. The Bertz CT molecular complexity index is 615. The average Bonchev–Trinajstić information content (AvgIpc) is 2.77. The Balaban J connectivity index is 1.38. The van der Waals surface area contributed by atoms with Gasteiger partial charge < -0.3 is 24.4 Å². The van der Waals surface area contributed by atoms with Gasteiger partial charge in [-0.15, -0.1) is 0 Å². The van der Waals surface area contributed by atoms with E-state index >= 15 is 0 Å². The number of hydrogen-bond acceptors (Lipinski definition) is 5. The Labute approximate surface area is 178 Å². The molecule has 0 aromatic carbocycles. The fourth-order valence-electron chi connectivity index (χ4n) is 3.59. The molecule has 2 aliphatic heterocycles. The summed E-state index contributed by atoms with van der Waals surface area (Å²) in [5.74, 6) is 1.50. The molecular formula is C21H33ClN4O3. The van der Waals surface area contributed by atoms with Crippen molar-refractivity contribution >= 4 is 17.6 Å². The van der Waals surface area contributed by atoms with Crippen LogP contribution in [-0.4, -0.2) is 74.1 Å². The van der Waals surface area contributed by atoms with Gasteiger partial charge in [-0.25, -0.2) is 9.98 Å². The lowest BCUT2D eigenvalue weighted by molar-refractivity contribution is -0.0721. The summed E-state index contributed by atoms with van der Waals surface area (Å²) in [4.78, 5) is 11.1. The summed E-state index contributed by atoms with van der Waals surface area (Å²) < 4.78 is 17.5. The van der Waals surface area contributed by atoms with Crippen molar-refractivity contribution in [2.75, 3.05) is 46.0 Å². The number of rotatable bonds is 8. The molecule has 0 spiro atoms. The molecule has 1 unspecified atom stereocenters. The molecule has 0 amide bonds. The highest BCUT2D eigenvalue weighted by molar-refractivity contribution is 6.30. The van der Waals surface area contributed by atoms with Crippen molar-refractivity contribution in [3.05, 3.63) is 23.4 Å². The highest BCUT2D eigenvalue weighted by atomic mass is 35.5. The molecule has 2 aliphatic rings. The zero-order valence-electron chi connectivity index (χ0n) is 17.3. The second-order valence-electron chi connectivity index (χ2n) is 7.41. The first-order valence-electron chi connectivity index (χ1n) is 10.8. The van der Waals surface area contributed by atoms with E-state index in [-0.39, 0.29) is 6.10 Å². The van der Waals surface area contributed by atoms with Crippen LogP contribution in [0.4, 0.5) is 0 Å². The van der Waals surface area contributed by atoms with Gasteiger partial charge in [0, 0.05) is 38.5 Å². The normalized spacial score (nSPS) is 21.2. The number of ether oxygens (including phenoxy) is 3. The maximum absolute atomic E-state index is 6.12. The Morgan fingerprint density at radius 2 is 2.17 bits per heavy atom. The second-order valence-corrected chi connectivity index (χ2v) is 7.84. The van der Waals surface area contributed by atoms with E-state index in [1.807, 2.05) is 0 Å². The van der Waals surface area contributed by atoms with E-state index in [1.54, 1.807) is 18.3 Å². The van der Waals surface area contributed by atoms with Crippen molar-refractivity contribution in [2.24, 2.45) is 4.99 Å². The zero-order valence-corrected chi connectivity index (χ0v) is 18.1. The second kappa shape index (κ2) is 12.2. The summed E-state index contributed by atoms with van der Waals surface area (Å²) in [6, 6.07) is 3.53. The van der Waals surface area contributed by atoms with Crippen LogP contribution in [0, 0.1) is 0 Å². The third-order valence-electron chi connectivity index (χ3n) is 5.17. The molecule has 2 fully saturated rings. The van der Waals surface area contributed by atoms with Crippen molar-refractivity contribution in [2.45, 2.75) is 51.2 Å². The maximum Gasteiger partial charge on any atom is 0.213 e. The minimum atomic E-state index is 0.288. The zero-order chi connectivity index (χ0) is 20.3. The summed E-state index contributed by atoms with van der Waals surface area (Å²) in [5, 5.41) is 3.98. The summed E-state index contributed by atoms with van der Waals surface area (Å²) in [6.45, 7) is 7.48. The molecule has 3 rings (SSSR count). The molecule has 1 atom stereocenters. The van der Waals surface area contributed by atoms with Crippen molar-refractivity contribution < 1.29 is 14.2 Å². The van der Waals surface area contributed by atoms with Crippen LogP contribution in [0.2, 0.25) is 5.02 Å². The first kappa shape index (κ1) is 22.1. The molecular weight excluding hydrogens is 392 g/mol. The third-order valence-corrected chi connectivity index (χ3v) is 5.39. The first-order chi connectivity index (χ1) is 14.2. The van der Waals surface area contributed by atoms with Crippen molar-refractivity contribution in [1.29, 1.82) is 0 Å². The van der Waals surface area contributed by atoms with Crippen molar-refractivity contribution in [3.63, 3.8) is 0 Å². The topological polar surface area (TPSA) is 68.2 Å². The summed E-state index contributed by atoms with van der Waals surface area (Å²) >= 11 is 5.84. The van der Waals surface area contributed by atoms with Crippen LogP contribution in [0.15, 0.2) is 23.3 Å². The highest BCUT2D eigenvalue weighted by Gasteiger charge is 2.23. The van der Waals surface area contributed by atoms with Gasteiger partial charge in [0.15, 0.2) is 5.96 Å². The van der Waals surface area contributed by atoms with Gasteiger partial charge in [-0.3, -0.25) is 0 Å². The van der Waals surface area contributed by atoms with Crippen LogP contribution in [0.1, 0.15) is 39.0 Å². The standard InChI is InChI=1S/C21H33ClN4O3/c1-2-23-21(24-10-14-28-20-7-6-17(22)15-25-20)26-11-8-18(9-12-26)29-16-19-5-3-4-13-27-19/h6-7,15,18-19H,2-5,8-14,16H2,1H3,(H,23,24). The van der Waals surface area contributed by atoms with E-state index in [1.165, 1.54) is 12.8 Å². The quantitative estimate of drug-likeness (QED) is 0.393. The molecule has 0 aliphatic carbocycles. The first-order valence-corrected chi connectivity index (χ1v) is 11.1. The number of aliphatic imine (C=N–C) groups is 1. The van der Waals surface area contributed by atoms with Crippen LogP contribution in [-0.2, 0) is 9.47 Å². The fourth-order valence-corrected chi connectivity index (χ4v) is 3.70. The van der Waals surface area contributed by atoms with Gasteiger partial charge >= 0.3 is 0 Å². The molecule has 0 saturated carbocycles. The van der Waals surface area contributed by atoms with Gasteiger partial charge in [-0.2, -0.15) is 0 Å². The number of aromatic nitrogens is 1. The fraction of sp³-hybridized carbons (Fsp3) is 0.714.